The summed E-state index contributed by atoms with van der Waals surface area (Å²) in [6.45, 7) is 1.16. The van der Waals surface area contributed by atoms with Gasteiger partial charge >= 0.3 is 12.1 Å². The highest BCUT2D eigenvalue weighted by atomic mass is 19.4. The maximum absolute atomic E-state index is 10.6. The number of aliphatic hydroxyl groups is 1. The number of carboxylic acids is 1. The van der Waals surface area contributed by atoms with Gasteiger partial charge < -0.3 is 14.9 Å². The number of alkyl halides is 3. The van der Waals surface area contributed by atoms with E-state index in [2.05, 4.69) is 23.5 Å². The summed E-state index contributed by atoms with van der Waals surface area (Å²) in [5.74, 6) is -1.17. The van der Waals surface area contributed by atoms with Crippen molar-refractivity contribution < 1.29 is 32.9 Å². The number of carboxylic acid groups (broad SMARTS) is 1. The molecule has 1 unspecified atom stereocenters. The van der Waals surface area contributed by atoms with Crippen LogP contribution < -0.4 is 5.32 Å². The minimum atomic E-state index is -5.08. The fourth-order valence-corrected chi connectivity index (χ4v) is 3.95. The Bertz CT molecular complexity index is 927. The van der Waals surface area contributed by atoms with E-state index in [9.17, 15) is 18.3 Å². The molecule has 0 radical (unpaired) electrons. The number of rotatable bonds is 9. The lowest BCUT2D eigenvalue weighted by Crippen LogP contribution is -2.48. The molecule has 180 valence electrons. The Labute approximate surface area is 191 Å². The molecule has 2 fully saturated rings. The Hall–Kier alpha value is -2.42. The molecule has 2 aliphatic carbocycles. The molecule has 0 saturated heterocycles. The van der Waals surface area contributed by atoms with E-state index < -0.39 is 17.7 Å². The molecule has 2 aliphatic rings. The van der Waals surface area contributed by atoms with Gasteiger partial charge in [0.15, 0.2) is 0 Å². The van der Waals surface area contributed by atoms with Gasteiger partial charge in [0.1, 0.15) is 0 Å². The van der Waals surface area contributed by atoms with Crippen LogP contribution in [-0.4, -0.2) is 42.7 Å². The van der Waals surface area contributed by atoms with Crippen molar-refractivity contribution in [2.75, 3.05) is 20.3 Å². The largest absolute Gasteiger partial charge is 0.490 e. The summed E-state index contributed by atoms with van der Waals surface area (Å²) in [6.07, 6.45) is 0.301. The number of aliphatic carboxylic acids is 1. The van der Waals surface area contributed by atoms with Crippen molar-refractivity contribution in [1.29, 1.82) is 0 Å². The Balaban J connectivity index is 0.000000383. The van der Waals surface area contributed by atoms with E-state index in [-0.39, 0.29) is 6.61 Å². The van der Waals surface area contributed by atoms with Crippen molar-refractivity contribution in [3.05, 3.63) is 70.8 Å². The molecular formula is C25H30F3NO4. The zero-order valence-corrected chi connectivity index (χ0v) is 18.6. The van der Waals surface area contributed by atoms with E-state index in [4.69, 9.17) is 14.6 Å². The monoisotopic (exact) mass is 465 g/mol. The van der Waals surface area contributed by atoms with Gasteiger partial charge in [0.2, 0.25) is 0 Å². The SMILES string of the molecule is COCC(CO)(NCc1ccc(C2CC2)c(C2CC2)c1)c1ccccc1.O=C(O)C(F)(F)F. The molecule has 33 heavy (non-hydrogen) atoms. The zero-order valence-electron chi connectivity index (χ0n) is 18.6. The third-order valence-corrected chi connectivity index (χ3v) is 6.05. The number of hydrogen-bond donors (Lipinski definition) is 3. The molecule has 3 N–H and O–H groups in total. The first-order valence-electron chi connectivity index (χ1n) is 11.0. The Morgan fingerprint density at radius 3 is 2.09 bits per heavy atom. The average molecular weight is 466 g/mol. The van der Waals surface area contributed by atoms with Crippen molar-refractivity contribution in [1.82, 2.24) is 5.32 Å². The molecule has 1 atom stereocenters. The van der Waals surface area contributed by atoms with Crippen molar-refractivity contribution >= 4 is 5.97 Å². The van der Waals surface area contributed by atoms with Gasteiger partial charge in [-0.3, -0.25) is 5.32 Å². The molecule has 4 rings (SSSR count). The smallest absolute Gasteiger partial charge is 0.475 e. The number of ether oxygens (including phenoxy) is 1. The molecule has 0 aliphatic heterocycles. The highest BCUT2D eigenvalue weighted by molar-refractivity contribution is 5.73. The highest BCUT2D eigenvalue weighted by Crippen LogP contribution is 2.49. The fraction of sp³-hybridized carbons (Fsp3) is 0.480. The van der Waals surface area contributed by atoms with Crippen molar-refractivity contribution in [3.8, 4) is 0 Å². The molecular weight excluding hydrogens is 435 g/mol. The molecule has 5 nitrogen and oxygen atoms in total. The van der Waals surface area contributed by atoms with Gasteiger partial charge in [-0.05, 0) is 59.8 Å². The molecule has 0 spiro atoms. The van der Waals surface area contributed by atoms with Crippen molar-refractivity contribution in [2.24, 2.45) is 0 Å². The summed E-state index contributed by atoms with van der Waals surface area (Å²) in [6, 6.07) is 17.1. The third-order valence-electron chi connectivity index (χ3n) is 6.05. The zero-order chi connectivity index (χ0) is 24.1. The molecule has 0 bridgehead atoms. The van der Waals surface area contributed by atoms with E-state index in [0.717, 1.165) is 23.9 Å². The minimum absolute atomic E-state index is 0.000489. The summed E-state index contributed by atoms with van der Waals surface area (Å²) in [7, 11) is 1.69. The minimum Gasteiger partial charge on any atom is -0.475 e. The molecule has 0 amide bonds. The lowest BCUT2D eigenvalue weighted by atomic mass is 9.90. The number of carbonyl (C=O) groups is 1. The van der Waals surface area contributed by atoms with Gasteiger partial charge in [-0.2, -0.15) is 13.2 Å². The van der Waals surface area contributed by atoms with Crippen LogP contribution in [-0.2, 0) is 21.6 Å². The van der Waals surface area contributed by atoms with Crippen molar-refractivity contribution in [2.45, 2.75) is 55.8 Å². The summed E-state index contributed by atoms with van der Waals surface area (Å²) in [4.78, 5) is 8.90. The van der Waals surface area contributed by atoms with Crippen LogP contribution in [0, 0.1) is 0 Å². The Kier molecular flexibility index (Phi) is 8.15. The number of benzene rings is 2. The summed E-state index contributed by atoms with van der Waals surface area (Å²) in [5.41, 5.74) is 4.94. The van der Waals surface area contributed by atoms with E-state index in [0.29, 0.717) is 6.61 Å². The first-order valence-corrected chi connectivity index (χ1v) is 11.0. The standard InChI is InChI=1S/C23H29NO2.C2HF3O2/c1-26-16-23(15-25,20-5-3-2-4-6-20)24-14-17-7-12-21(18-8-9-18)22(13-17)19-10-11-19;3-2(4,5)1(6)7/h2-7,12-13,18-19,24-25H,8-11,14-16H2,1H3;(H,6,7). The quantitative estimate of drug-likeness (QED) is 0.501. The lowest BCUT2D eigenvalue weighted by molar-refractivity contribution is -0.192. The topological polar surface area (TPSA) is 78.8 Å². The normalized spacial score (nSPS) is 17.6. The second-order valence-corrected chi connectivity index (χ2v) is 8.71. The molecule has 0 heterocycles. The van der Waals surface area contributed by atoms with E-state index in [1.807, 2.05) is 30.3 Å². The van der Waals surface area contributed by atoms with E-state index >= 15 is 0 Å². The second kappa shape index (κ2) is 10.7. The first kappa shape index (κ1) is 25.2. The molecule has 2 aromatic rings. The van der Waals surface area contributed by atoms with Crippen LogP contribution in [0.4, 0.5) is 13.2 Å². The van der Waals surface area contributed by atoms with Crippen LogP contribution in [0.1, 0.15) is 59.8 Å². The van der Waals surface area contributed by atoms with E-state index in [1.54, 1.807) is 18.2 Å². The third kappa shape index (κ3) is 6.79. The molecule has 8 heteroatoms. The first-order chi connectivity index (χ1) is 15.7. The van der Waals surface area contributed by atoms with E-state index in [1.165, 1.54) is 31.2 Å². The summed E-state index contributed by atoms with van der Waals surface area (Å²) < 4.78 is 37.2. The molecule has 2 aromatic carbocycles. The number of hydrogen-bond acceptors (Lipinski definition) is 4. The predicted molar refractivity (Wildman–Crippen MR) is 118 cm³/mol. The van der Waals surface area contributed by atoms with Crippen LogP contribution in [0.15, 0.2) is 48.5 Å². The Morgan fingerprint density at radius 1 is 1.03 bits per heavy atom. The summed E-state index contributed by atoms with van der Waals surface area (Å²) in [5, 5.41) is 20.9. The molecule has 0 aromatic heterocycles. The van der Waals surface area contributed by atoms with Gasteiger partial charge in [-0.15, -0.1) is 0 Å². The molecule has 2 saturated carbocycles. The Morgan fingerprint density at radius 2 is 1.61 bits per heavy atom. The van der Waals surface area contributed by atoms with Crippen molar-refractivity contribution in [3.63, 3.8) is 0 Å². The van der Waals surface area contributed by atoms with Crippen LogP contribution in [0.25, 0.3) is 0 Å². The fourth-order valence-electron chi connectivity index (χ4n) is 3.95. The van der Waals surface area contributed by atoms with Crippen LogP contribution in [0.3, 0.4) is 0 Å². The maximum Gasteiger partial charge on any atom is 0.490 e. The van der Waals surface area contributed by atoms with Gasteiger partial charge in [-0.25, -0.2) is 4.79 Å². The summed E-state index contributed by atoms with van der Waals surface area (Å²) >= 11 is 0. The van der Waals surface area contributed by atoms with Gasteiger partial charge in [0.05, 0.1) is 18.8 Å². The van der Waals surface area contributed by atoms with Gasteiger partial charge in [-0.1, -0.05) is 48.5 Å². The van der Waals surface area contributed by atoms with Crippen LogP contribution >= 0.6 is 0 Å². The lowest BCUT2D eigenvalue weighted by Gasteiger charge is -2.33. The van der Waals surface area contributed by atoms with Crippen LogP contribution in [0.2, 0.25) is 0 Å². The predicted octanol–water partition coefficient (Wildman–Crippen LogP) is 4.70. The number of aliphatic hydroxyl groups excluding tert-OH is 1. The number of methoxy groups -OCH3 is 1. The second-order valence-electron chi connectivity index (χ2n) is 8.71. The number of halogens is 3. The maximum atomic E-state index is 10.6. The highest BCUT2D eigenvalue weighted by Gasteiger charge is 2.38. The average Bonchev–Trinajstić information content (AvgIpc) is 3.70. The van der Waals surface area contributed by atoms with Crippen LogP contribution in [0.5, 0.6) is 0 Å². The number of nitrogens with one attached hydrogen (secondary N) is 1. The van der Waals surface area contributed by atoms with Gasteiger partial charge in [0, 0.05) is 13.7 Å². The van der Waals surface area contributed by atoms with Gasteiger partial charge in [0.25, 0.3) is 0 Å².